The highest BCUT2D eigenvalue weighted by molar-refractivity contribution is 8.30. The molecule has 0 radical (unpaired) electrons. The summed E-state index contributed by atoms with van der Waals surface area (Å²) in [7, 11) is -3.57. The van der Waals surface area contributed by atoms with Gasteiger partial charge in [0.25, 0.3) is 0 Å². The van der Waals surface area contributed by atoms with E-state index in [1.54, 1.807) is 0 Å². The van der Waals surface area contributed by atoms with Crippen molar-refractivity contribution in [2.45, 2.75) is 12.2 Å². The molecule has 0 amide bonds. The number of carboxylic acid groups (broad SMARTS) is 1. The molecule has 0 aliphatic carbocycles. The minimum Gasteiger partial charge on any atom is -0.480 e. The quantitative estimate of drug-likeness (QED) is 0.594. The molecule has 0 aromatic heterocycles. The van der Waals surface area contributed by atoms with Gasteiger partial charge in [-0.25, -0.2) is 4.21 Å². The van der Waals surface area contributed by atoms with Gasteiger partial charge >= 0.3 is 5.97 Å². The van der Waals surface area contributed by atoms with Crippen LogP contribution in [0.3, 0.4) is 0 Å². The molecule has 0 aliphatic heterocycles. The summed E-state index contributed by atoms with van der Waals surface area (Å²) in [6.45, 7) is 1.09. The monoisotopic (exact) mass is 170 g/mol. The Balaban J connectivity index is 4.43. The van der Waals surface area contributed by atoms with Crippen molar-refractivity contribution < 1.29 is 18.7 Å². The predicted molar refractivity (Wildman–Crippen MR) is 35.2 cm³/mol. The van der Waals surface area contributed by atoms with Gasteiger partial charge in [0.1, 0.15) is 0 Å². The summed E-state index contributed by atoms with van der Waals surface area (Å²) in [5.74, 6) is -1.35. The zero-order valence-electron chi connectivity index (χ0n) is 4.60. The molecule has 2 N–H and O–H groups in total. The van der Waals surface area contributed by atoms with Crippen molar-refractivity contribution >= 4 is 25.9 Å². The molecule has 0 aliphatic rings. The van der Waals surface area contributed by atoms with Crippen LogP contribution in [0.1, 0.15) is 6.92 Å². The fraction of sp³-hybridized carbons (Fsp3) is 0.667. The van der Waals surface area contributed by atoms with E-state index in [9.17, 15) is 9.00 Å². The zero-order chi connectivity index (χ0) is 7.65. The molecule has 0 bridgehead atoms. The van der Waals surface area contributed by atoms with E-state index in [1.807, 2.05) is 0 Å². The number of hydrogen-bond acceptors (Lipinski definition) is 3. The molecule has 6 heteroatoms. The first-order valence-electron chi connectivity index (χ1n) is 2.05. The number of carboxylic acids is 1. The molecule has 9 heavy (non-hydrogen) atoms. The highest BCUT2D eigenvalue weighted by Crippen LogP contribution is 1.96. The number of carbonyl (C=O) groups is 1. The third kappa shape index (κ3) is 2.73. The Bertz CT molecular complexity index is 204. The van der Waals surface area contributed by atoms with E-state index in [1.165, 1.54) is 0 Å². The van der Waals surface area contributed by atoms with Gasteiger partial charge in [-0.05, 0) is 6.92 Å². The molecule has 4 nitrogen and oxygen atoms in total. The maximum atomic E-state index is 10.3. The average molecular weight is 170 g/mol. The van der Waals surface area contributed by atoms with Gasteiger partial charge in [0, 0.05) is 11.2 Å². The number of rotatable bonds is 2. The van der Waals surface area contributed by atoms with E-state index < -0.39 is 20.0 Å². The number of aliphatic carboxylic acids is 1. The van der Waals surface area contributed by atoms with Crippen LogP contribution in [0, 0.1) is 0 Å². The van der Waals surface area contributed by atoms with Crippen LogP contribution in [0.4, 0.5) is 0 Å². The van der Waals surface area contributed by atoms with Crippen molar-refractivity contribution in [3.63, 3.8) is 0 Å². The molecule has 2 atom stereocenters. The second kappa shape index (κ2) is 2.59. The SMILES string of the molecule is CC(C(=O)O)S(=O)(O)=S. The van der Waals surface area contributed by atoms with Crippen LogP contribution < -0.4 is 0 Å². The van der Waals surface area contributed by atoms with Crippen LogP contribution >= 0.6 is 0 Å². The molecular weight excluding hydrogens is 164 g/mol. The molecule has 0 rings (SSSR count). The fourth-order valence-corrected chi connectivity index (χ4v) is 0.629. The van der Waals surface area contributed by atoms with E-state index in [-0.39, 0.29) is 0 Å². The predicted octanol–water partition coefficient (Wildman–Crippen LogP) is -0.321. The Morgan fingerprint density at radius 2 is 2.11 bits per heavy atom. The largest absolute Gasteiger partial charge is 0.480 e. The van der Waals surface area contributed by atoms with Crippen molar-refractivity contribution in [2.75, 3.05) is 0 Å². The van der Waals surface area contributed by atoms with Gasteiger partial charge in [-0.3, -0.25) is 4.79 Å². The van der Waals surface area contributed by atoms with E-state index in [0.717, 1.165) is 6.92 Å². The van der Waals surface area contributed by atoms with E-state index in [2.05, 4.69) is 11.2 Å². The van der Waals surface area contributed by atoms with Gasteiger partial charge in [-0.2, -0.15) is 0 Å². The topological polar surface area (TPSA) is 74.6 Å². The van der Waals surface area contributed by atoms with Gasteiger partial charge in [0.2, 0.25) is 0 Å². The van der Waals surface area contributed by atoms with Crippen LogP contribution in [0.2, 0.25) is 0 Å². The summed E-state index contributed by atoms with van der Waals surface area (Å²) >= 11 is 3.99. The van der Waals surface area contributed by atoms with Gasteiger partial charge in [0.15, 0.2) is 14.0 Å². The van der Waals surface area contributed by atoms with Crippen LogP contribution in [0.5, 0.6) is 0 Å². The Morgan fingerprint density at radius 1 is 1.78 bits per heavy atom. The van der Waals surface area contributed by atoms with Crippen molar-refractivity contribution in [3.8, 4) is 0 Å². The summed E-state index contributed by atoms with van der Waals surface area (Å²) in [5.41, 5.74) is 0. The standard InChI is InChI=1S/C3H6O4S2/c1-2(3(4)5)9(6,7)8/h2H,1H3,(H,4,5)(H,6,7,8). The molecule has 0 fully saturated rings. The lowest BCUT2D eigenvalue weighted by Crippen LogP contribution is -2.24. The second-order valence-corrected chi connectivity index (χ2v) is 4.67. The van der Waals surface area contributed by atoms with E-state index >= 15 is 0 Å². The molecule has 0 saturated heterocycles. The molecule has 0 aromatic rings. The first-order chi connectivity index (χ1) is 3.85. The second-order valence-electron chi connectivity index (χ2n) is 1.50. The maximum Gasteiger partial charge on any atom is 0.321 e. The summed E-state index contributed by atoms with van der Waals surface area (Å²) in [6.07, 6.45) is 0. The van der Waals surface area contributed by atoms with Gasteiger partial charge in [0.05, 0.1) is 0 Å². The molecular formula is C3H6O4S2. The molecule has 0 saturated carbocycles. The summed E-state index contributed by atoms with van der Waals surface area (Å²) in [5, 5.41) is 6.74. The van der Waals surface area contributed by atoms with Crippen molar-refractivity contribution in [3.05, 3.63) is 0 Å². The zero-order valence-corrected chi connectivity index (χ0v) is 6.24. The third-order valence-electron chi connectivity index (χ3n) is 0.795. The Labute approximate surface area is 57.4 Å². The fourth-order valence-electron chi connectivity index (χ4n) is 0.127. The minimum absolute atomic E-state index is 1.09. The highest BCUT2D eigenvalue weighted by atomic mass is 32.8. The molecule has 54 valence electrons. The third-order valence-corrected chi connectivity index (χ3v) is 2.76. The van der Waals surface area contributed by atoms with E-state index in [0.29, 0.717) is 0 Å². The van der Waals surface area contributed by atoms with Crippen LogP contribution in [0.15, 0.2) is 0 Å². The van der Waals surface area contributed by atoms with Gasteiger partial charge in [-0.15, -0.1) is 0 Å². The Kier molecular flexibility index (Phi) is 2.53. The Morgan fingerprint density at radius 3 is 2.11 bits per heavy atom. The van der Waals surface area contributed by atoms with Gasteiger partial charge in [-0.1, -0.05) is 0 Å². The lowest BCUT2D eigenvalue weighted by atomic mass is 10.5. The summed E-state index contributed by atoms with van der Waals surface area (Å²) in [6, 6.07) is 0. The average Bonchev–Trinajstić information content (AvgIpc) is 1.62. The summed E-state index contributed by atoms with van der Waals surface area (Å²) in [4.78, 5) is 9.94. The van der Waals surface area contributed by atoms with E-state index in [4.69, 9.17) is 9.66 Å². The van der Waals surface area contributed by atoms with Crippen molar-refractivity contribution in [1.29, 1.82) is 0 Å². The maximum absolute atomic E-state index is 10.3. The van der Waals surface area contributed by atoms with Crippen LogP contribution in [-0.2, 0) is 24.8 Å². The van der Waals surface area contributed by atoms with Crippen LogP contribution in [-0.4, -0.2) is 25.1 Å². The molecule has 0 spiro atoms. The molecule has 0 heterocycles. The first kappa shape index (κ1) is 8.80. The minimum atomic E-state index is -3.57. The lowest BCUT2D eigenvalue weighted by Gasteiger charge is -2.01. The first-order valence-corrected chi connectivity index (χ1v) is 4.55. The Hall–Kier alpha value is -0.200. The lowest BCUT2D eigenvalue weighted by molar-refractivity contribution is -0.136. The van der Waals surface area contributed by atoms with Gasteiger partial charge < -0.3 is 9.66 Å². The molecule has 2 unspecified atom stereocenters. The highest BCUT2D eigenvalue weighted by Gasteiger charge is 2.20. The van der Waals surface area contributed by atoms with Crippen molar-refractivity contribution in [2.24, 2.45) is 0 Å². The van der Waals surface area contributed by atoms with Crippen LogP contribution in [0.25, 0.3) is 0 Å². The summed E-state index contributed by atoms with van der Waals surface area (Å²) < 4.78 is 18.7. The molecule has 0 aromatic carbocycles. The van der Waals surface area contributed by atoms with Crippen molar-refractivity contribution in [1.82, 2.24) is 0 Å². The smallest absolute Gasteiger partial charge is 0.321 e. The number of hydrogen-bond donors (Lipinski definition) is 2. The normalized spacial score (nSPS) is 20.2.